The molecule has 0 aliphatic carbocycles. The van der Waals surface area contributed by atoms with Gasteiger partial charge in [-0.25, -0.2) is 10.8 Å². The predicted octanol–water partition coefficient (Wildman–Crippen LogP) is 1.06. The number of aromatic nitrogens is 2. The van der Waals surface area contributed by atoms with E-state index in [1.807, 2.05) is 31.7 Å². The summed E-state index contributed by atoms with van der Waals surface area (Å²) in [5.74, 6) is 6.45. The van der Waals surface area contributed by atoms with Crippen molar-refractivity contribution >= 4 is 11.8 Å². The van der Waals surface area contributed by atoms with E-state index in [0.717, 1.165) is 18.1 Å². The van der Waals surface area contributed by atoms with Gasteiger partial charge in [-0.05, 0) is 20.8 Å². The summed E-state index contributed by atoms with van der Waals surface area (Å²) in [5, 5.41) is 8.84. The van der Waals surface area contributed by atoms with Gasteiger partial charge in [-0.15, -0.1) is 0 Å². The number of hydrogen-bond donors (Lipinski definition) is 2. The van der Waals surface area contributed by atoms with Crippen molar-refractivity contribution in [3.63, 3.8) is 0 Å². The first kappa shape index (κ1) is 13.2. The van der Waals surface area contributed by atoms with Crippen molar-refractivity contribution in [2.24, 2.45) is 11.8 Å². The minimum absolute atomic E-state index is 0.0421. The molecule has 1 rings (SSSR count). The smallest absolute Gasteiger partial charge is 0.239 e. The number of rotatable bonds is 5. The maximum Gasteiger partial charge on any atom is 0.239 e. The molecule has 0 bridgehead atoms. The fourth-order valence-electron chi connectivity index (χ4n) is 1.53. The highest BCUT2D eigenvalue weighted by Gasteiger charge is 2.11. The lowest BCUT2D eigenvalue weighted by molar-refractivity contribution is 0.678. The largest absolute Gasteiger partial charge is 0.355 e. The third-order valence-corrected chi connectivity index (χ3v) is 2.39. The van der Waals surface area contributed by atoms with Gasteiger partial charge in [0.05, 0.1) is 12.0 Å². The second-order valence-corrected chi connectivity index (χ2v) is 3.90. The van der Waals surface area contributed by atoms with Crippen LogP contribution in [0.5, 0.6) is 0 Å². The topological polar surface area (TPSA) is 90.9 Å². The second-order valence-electron chi connectivity index (χ2n) is 3.90. The number of nitriles is 1. The van der Waals surface area contributed by atoms with Crippen molar-refractivity contribution in [2.75, 3.05) is 23.4 Å². The molecule has 0 radical (unpaired) electrons. The Labute approximate surface area is 101 Å². The van der Waals surface area contributed by atoms with E-state index in [-0.39, 0.29) is 5.92 Å². The molecule has 1 aromatic heterocycles. The fraction of sp³-hybridized carbons (Fsp3) is 0.545. The van der Waals surface area contributed by atoms with Crippen molar-refractivity contribution in [3.8, 4) is 6.07 Å². The van der Waals surface area contributed by atoms with Gasteiger partial charge in [-0.2, -0.15) is 10.2 Å². The highest BCUT2D eigenvalue weighted by Crippen LogP contribution is 2.15. The van der Waals surface area contributed by atoms with Crippen LogP contribution in [0.3, 0.4) is 0 Å². The Morgan fingerprint density at radius 3 is 2.82 bits per heavy atom. The van der Waals surface area contributed by atoms with E-state index >= 15 is 0 Å². The van der Waals surface area contributed by atoms with Gasteiger partial charge in [-0.3, -0.25) is 5.43 Å². The van der Waals surface area contributed by atoms with Crippen LogP contribution in [0.4, 0.5) is 11.8 Å². The summed E-state index contributed by atoms with van der Waals surface area (Å²) < 4.78 is 0. The first-order valence-electron chi connectivity index (χ1n) is 5.57. The van der Waals surface area contributed by atoms with Crippen LogP contribution in [0.25, 0.3) is 0 Å². The van der Waals surface area contributed by atoms with E-state index in [4.69, 9.17) is 11.1 Å². The number of nitrogen functional groups attached to an aromatic ring is 1. The van der Waals surface area contributed by atoms with Crippen LogP contribution in [0.15, 0.2) is 6.07 Å². The highest BCUT2D eigenvalue weighted by molar-refractivity contribution is 5.44. The molecule has 1 atom stereocenters. The Kier molecular flexibility index (Phi) is 4.67. The maximum atomic E-state index is 8.84. The number of aryl methyl sites for hydroxylation is 1. The Hall–Kier alpha value is -1.87. The average molecular weight is 234 g/mol. The third kappa shape index (κ3) is 3.57. The Balaban J connectivity index is 2.95. The van der Waals surface area contributed by atoms with Crippen LogP contribution in [0.1, 0.15) is 19.5 Å². The molecule has 17 heavy (non-hydrogen) atoms. The number of anilines is 2. The first-order chi connectivity index (χ1) is 8.10. The molecule has 0 aliphatic heterocycles. The van der Waals surface area contributed by atoms with Gasteiger partial charge in [0.25, 0.3) is 0 Å². The number of hydrazine groups is 1. The van der Waals surface area contributed by atoms with Crippen LogP contribution in [0, 0.1) is 24.2 Å². The number of hydrogen-bond acceptors (Lipinski definition) is 6. The summed E-state index contributed by atoms with van der Waals surface area (Å²) in [6.07, 6.45) is 0. The Morgan fingerprint density at radius 2 is 2.29 bits per heavy atom. The Bertz CT molecular complexity index is 411. The van der Waals surface area contributed by atoms with Crippen molar-refractivity contribution in [1.82, 2.24) is 9.97 Å². The quantitative estimate of drug-likeness (QED) is 0.584. The van der Waals surface area contributed by atoms with Crippen LogP contribution in [-0.4, -0.2) is 23.1 Å². The van der Waals surface area contributed by atoms with E-state index in [0.29, 0.717) is 12.5 Å². The minimum atomic E-state index is -0.0421. The molecule has 6 heteroatoms. The number of nitrogens with one attached hydrogen (secondary N) is 1. The molecule has 92 valence electrons. The predicted molar refractivity (Wildman–Crippen MR) is 67.2 cm³/mol. The maximum absolute atomic E-state index is 8.84. The van der Waals surface area contributed by atoms with E-state index in [9.17, 15) is 0 Å². The van der Waals surface area contributed by atoms with Gasteiger partial charge in [0.1, 0.15) is 5.82 Å². The molecule has 0 amide bonds. The molecule has 0 saturated carbocycles. The van der Waals surface area contributed by atoms with Crippen LogP contribution >= 0.6 is 0 Å². The van der Waals surface area contributed by atoms with Gasteiger partial charge < -0.3 is 4.90 Å². The molecule has 0 saturated heterocycles. The molecule has 0 fully saturated rings. The minimum Gasteiger partial charge on any atom is -0.355 e. The molecule has 0 spiro atoms. The second kappa shape index (κ2) is 6.01. The first-order valence-corrected chi connectivity index (χ1v) is 5.57. The van der Waals surface area contributed by atoms with Crippen LogP contribution < -0.4 is 16.2 Å². The fourth-order valence-corrected chi connectivity index (χ4v) is 1.53. The van der Waals surface area contributed by atoms with Crippen molar-refractivity contribution in [2.45, 2.75) is 20.8 Å². The van der Waals surface area contributed by atoms with Crippen molar-refractivity contribution in [1.29, 1.82) is 5.26 Å². The lowest BCUT2D eigenvalue weighted by Gasteiger charge is -2.23. The summed E-state index contributed by atoms with van der Waals surface area (Å²) in [5.41, 5.74) is 3.28. The van der Waals surface area contributed by atoms with Crippen LogP contribution in [0.2, 0.25) is 0 Å². The molecule has 0 aliphatic rings. The number of nitrogens with zero attached hydrogens (tertiary/aromatic N) is 4. The van der Waals surface area contributed by atoms with E-state index in [1.165, 1.54) is 0 Å². The number of nitrogens with two attached hydrogens (primary N) is 1. The van der Waals surface area contributed by atoms with Gasteiger partial charge >= 0.3 is 0 Å². The van der Waals surface area contributed by atoms with E-state index < -0.39 is 0 Å². The van der Waals surface area contributed by atoms with Crippen molar-refractivity contribution in [3.05, 3.63) is 11.8 Å². The summed E-state index contributed by atoms with van der Waals surface area (Å²) in [7, 11) is 0. The van der Waals surface area contributed by atoms with Gasteiger partial charge in [0.15, 0.2) is 0 Å². The standard InChI is InChI=1S/C11H18N6/c1-4-17(7-8(2)6-12)10-5-9(3)14-11(15-10)16-13/h5,8H,4,7,13H2,1-3H3,(H,14,15,16). The highest BCUT2D eigenvalue weighted by atomic mass is 15.3. The van der Waals surface area contributed by atoms with Gasteiger partial charge in [0.2, 0.25) is 5.95 Å². The van der Waals surface area contributed by atoms with Gasteiger partial charge in [0, 0.05) is 24.8 Å². The monoisotopic (exact) mass is 234 g/mol. The molecule has 6 nitrogen and oxygen atoms in total. The zero-order chi connectivity index (χ0) is 12.8. The van der Waals surface area contributed by atoms with Crippen molar-refractivity contribution < 1.29 is 0 Å². The molecular weight excluding hydrogens is 216 g/mol. The summed E-state index contributed by atoms with van der Waals surface area (Å²) in [4.78, 5) is 10.4. The van der Waals surface area contributed by atoms with Crippen LogP contribution in [-0.2, 0) is 0 Å². The SMILES string of the molecule is CCN(CC(C)C#N)c1cc(C)nc(NN)n1. The van der Waals surface area contributed by atoms with E-state index in [1.54, 1.807) is 0 Å². The lowest BCUT2D eigenvalue weighted by atomic mass is 10.2. The van der Waals surface area contributed by atoms with E-state index in [2.05, 4.69) is 21.5 Å². The molecule has 3 N–H and O–H groups in total. The van der Waals surface area contributed by atoms with Gasteiger partial charge in [-0.1, -0.05) is 0 Å². The Morgan fingerprint density at radius 1 is 1.59 bits per heavy atom. The molecule has 1 heterocycles. The third-order valence-electron chi connectivity index (χ3n) is 2.39. The zero-order valence-corrected chi connectivity index (χ0v) is 10.4. The zero-order valence-electron chi connectivity index (χ0n) is 10.4. The summed E-state index contributed by atoms with van der Waals surface area (Å²) in [6.45, 7) is 7.23. The summed E-state index contributed by atoms with van der Waals surface area (Å²) >= 11 is 0. The molecule has 0 aromatic carbocycles. The molecule has 1 unspecified atom stereocenters. The normalized spacial score (nSPS) is 11.7. The molecular formula is C11H18N6. The lowest BCUT2D eigenvalue weighted by Crippen LogP contribution is -2.29. The summed E-state index contributed by atoms with van der Waals surface area (Å²) in [6, 6.07) is 4.10. The molecule has 1 aromatic rings. The average Bonchev–Trinajstić information content (AvgIpc) is 2.34.